The van der Waals surface area contributed by atoms with Gasteiger partial charge in [0.2, 0.25) is 11.8 Å². The van der Waals surface area contributed by atoms with Gasteiger partial charge in [-0.15, -0.1) is 12.4 Å². The Morgan fingerprint density at radius 1 is 1.37 bits per heavy atom. The molecule has 2 unspecified atom stereocenters. The average molecular weight is 284 g/mol. The van der Waals surface area contributed by atoms with Gasteiger partial charge < -0.3 is 16.4 Å². The van der Waals surface area contributed by atoms with Gasteiger partial charge in [-0.2, -0.15) is 0 Å². The molecule has 0 bridgehead atoms. The highest BCUT2D eigenvalue weighted by Crippen LogP contribution is 2.11. The van der Waals surface area contributed by atoms with Crippen LogP contribution >= 0.6 is 12.4 Å². The topological polar surface area (TPSA) is 84.2 Å². The van der Waals surface area contributed by atoms with Crippen molar-refractivity contribution in [3.05, 3.63) is 35.9 Å². The highest BCUT2D eigenvalue weighted by Gasteiger charge is 2.26. The summed E-state index contributed by atoms with van der Waals surface area (Å²) >= 11 is 0. The molecule has 0 saturated carbocycles. The summed E-state index contributed by atoms with van der Waals surface area (Å²) in [6.07, 6.45) is 1.54. The normalized spacial score (nSPS) is 19.8. The Balaban J connectivity index is 0.00000180. The van der Waals surface area contributed by atoms with Crippen LogP contribution in [0, 0.1) is 0 Å². The lowest BCUT2D eigenvalue weighted by Gasteiger charge is -2.24. The SMILES string of the molecule is Cl.NC(C(=O)NC1CCCNC1=O)c1ccccc1. The van der Waals surface area contributed by atoms with Gasteiger partial charge in [-0.25, -0.2) is 0 Å². The molecule has 0 aliphatic carbocycles. The molecule has 6 heteroatoms. The molecular weight excluding hydrogens is 266 g/mol. The predicted molar refractivity (Wildman–Crippen MR) is 74.8 cm³/mol. The smallest absolute Gasteiger partial charge is 0.242 e. The van der Waals surface area contributed by atoms with E-state index in [1.54, 1.807) is 12.1 Å². The van der Waals surface area contributed by atoms with E-state index in [2.05, 4.69) is 10.6 Å². The minimum Gasteiger partial charge on any atom is -0.354 e. The number of amides is 2. The molecule has 19 heavy (non-hydrogen) atoms. The van der Waals surface area contributed by atoms with Crippen LogP contribution in [-0.4, -0.2) is 24.4 Å². The third-order valence-electron chi connectivity index (χ3n) is 3.04. The molecule has 1 fully saturated rings. The predicted octanol–water partition coefficient (Wildman–Crippen LogP) is 0.503. The van der Waals surface area contributed by atoms with E-state index < -0.39 is 12.1 Å². The molecular formula is C13H18ClN3O2. The van der Waals surface area contributed by atoms with Crippen molar-refractivity contribution >= 4 is 24.2 Å². The Morgan fingerprint density at radius 2 is 2.05 bits per heavy atom. The number of nitrogens with one attached hydrogen (secondary N) is 2. The first-order valence-corrected chi connectivity index (χ1v) is 6.07. The van der Waals surface area contributed by atoms with Crippen molar-refractivity contribution in [1.82, 2.24) is 10.6 Å². The molecule has 1 aliphatic rings. The Morgan fingerprint density at radius 3 is 2.68 bits per heavy atom. The number of hydrogen-bond acceptors (Lipinski definition) is 3. The number of benzene rings is 1. The van der Waals surface area contributed by atoms with Gasteiger partial charge in [0.25, 0.3) is 0 Å². The molecule has 4 N–H and O–H groups in total. The summed E-state index contributed by atoms with van der Waals surface area (Å²) in [5, 5.41) is 5.41. The number of rotatable bonds is 3. The summed E-state index contributed by atoms with van der Waals surface area (Å²) in [5.41, 5.74) is 6.60. The van der Waals surface area contributed by atoms with Crippen LogP contribution in [0.2, 0.25) is 0 Å². The van der Waals surface area contributed by atoms with Gasteiger partial charge in [0.1, 0.15) is 12.1 Å². The van der Waals surface area contributed by atoms with Gasteiger partial charge in [0.15, 0.2) is 0 Å². The largest absolute Gasteiger partial charge is 0.354 e. The lowest BCUT2D eigenvalue weighted by molar-refractivity contribution is -0.130. The molecule has 1 aliphatic heterocycles. The van der Waals surface area contributed by atoms with Crippen LogP contribution in [0.15, 0.2) is 30.3 Å². The summed E-state index contributed by atoms with van der Waals surface area (Å²) in [5.74, 6) is -0.446. The van der Waals surface area contributed by atoms with Crippen LogP contribution in [0.4, 0.5) is 0 Å². The van der Waals surface area contributed by atoms with Crippen molar-refractivity contribution in [3.63, 3.8) is 0 Å². The maximum atomic E-state index is 11.9. The Labute approximate surface area is 118 Å². The highest BCUT2D eigenvalue weighted by atomic mass is 35.5. The van der Waals surface area contributed by atoms with Gasteiger partial charge in [-0.3, -0.25) is 9.59 Å². The van der Waals surface area contributed by atoms with Gasteiger partial charge >= 0.3 is 0 Å². The molecule has 0 aromatic heterocycles. The summed E-state index contributed by atoms with van der Waals surface area (Å²) in [4.78, 5) is 23.5. The lowest BCUT2D eigenvalue weighted by atomic mass is 10.0. The zero-order valence-electron chi connectivity index (χ0n) is 10.5. The second kappa shape index (κ2) is 7.11. The van der Waals surface area contributed by atoms with E-state index in [9.17, 15) is 9.59 Å². The maximum absolute atomic E-state index is 11.9. The van der Waals surface area contributed by atoms with E-state index in [1.165, 1.54) is 0 Å². The average Bonchev–Trinajstić information content (AvgIpc) is 2.41. The first-order chi connectivity index (χ1) is 8.68. The third-order valence-corrected chi connectivity index (χ3v) is 3.04. The standard InChI is InChI=1S/C13H17N3O2.ClH/c14-11(9-5-2-1-3-6-9)13(18)16-10-7-4-8-15-12(10)17;/h1-3,5-6,10-11H,4,7-8,14H2,(H,15,17)(H,16,18);1H. The maximum Gasteiger partial charge on any atom is 0.242 e. The van der Waals surface area contributed by atoms with Crippen molar-refractivity contribution in [2.24, 2.45) is 5.73 Å². The molecule has 0 radical (unpaired) electrons. The van der Waals surface area contributed by atoms with Crippen LogP contribution in [0.25, 0.3) is 0 Å². The molecule has 2 atom stereocenters. The number of nitrogens with two attached hydrogens (primary N) is 1. The second-order valence-corrected chi connectivity index (χ2v) is 4.38. The molecule has 2 rings (SSSR count). The van der Waals surface area contributed by atoms with E-state index in [4.69, 9.17) is 5.73 Å². The van der Waals surface area contributed by atoms with Crippen LogP contribution in [0.5, 0.6) is 0 Å². The van der Waals surface area contributed by atoms with Crippen molar-refractivity contribution in [1.29, 1.82) is 0 Å². The van der Waals surface area contributed by atoms with Gasteiger partial charge in [0.05, 0.1) is 0 Å². The van der Waals surface area contributed by atoms with Crippen LogP contribution in [0.3, 0.4) is 0 Å². The van der Waals surface area contributed by atoms with Crippen LogP contribution in [-0.2, 0) is 9.59 Å². The second-order valence-electron chi connectivity index (χ2n) is 4.38. The van der Waals surface area contributed by atoms with Crippen molar-refractivity contribution in [3.8, 4) is 0 Å². The third kappa shape index (κ3) is 3.94. The Bertz CT molecular complexity index is 439. The van der Waals surface area contributed by atoms with Crippen LogP contribution in [0.1, 0.15) is 24.4 Å². The van der Waals surface area contributed by atoms with E-state index in [-0.39, 0.29) is 24.2 Å². The molecule has 1 heterocycles. The summed E-state index contributed by atoms with van der Waals surface area (Å²) < 4.78 is 0. The minimum atomic E-state index is -0.735. The van der Waals surface area contributed by atoms with E-state index in [1.807, 2.05) is 18.2 Å². The molecule has 1 saturated heterocycles. The lowest BCUT2D eigenvalue weighted by Crippen LogP contribution is -2.52. The highest BCUT2D eigenvalue weighted by molar-refractivity contribution is 5.90. The van der Waals surface area contributed by atoms with Gasteiger partial charge in [-0.1, -0.05) is 30.3 Å². The molecule has 104 valence electrons. The molecule has 1 aromatic carbocycles. The minimum absolute atomic E-state index is 0. The zero-order chi connectivity index (χ0) is 13.0. The molecule has 5 nitrogen and oxygen atoms in total. The van der Waals surface area contributed by atoms with E-state index in [0.717, 1.165) is 12.0 Å². The van der Waals surface area contributed by atoms with E-state index >= 15 is 0 Å². The van der Waals surface area contributed by atoms with E-state index in [0.29, 0.717) is 13.0 Å². The van der Waals surface area contributed by atoms with Crippen molar-refractivity contribution in [2.45, 2.75) is 24.9 Å². The number of piperidine rings is 1. The van der Waals surface area contributed by atoms with Gasteiger partial charge in [-0.05, 0) is 18.4 Å². The summed E-state index contributed by atoms with van der Waals surface area (Å²) in [7, 11) is 0. The fourth-order valence-electron chi connectivity index (χ4n) is 1.98. The van der Waals surface area contributed by atoms with Crippen molar-refractivity contribution < 1.29 is 9.59 Å². The Kier molecular flexibility index (Phi) is 5.79. The summed E-state index contributed by atoms with van der Waals surface area (Å²) in [6, 6.07) is 7.92. The monoisotopic (exact) mass is 283 g/mol. The number of carbonyl (C=O) groups excluding carboxylic acids is 2. The van der Waals surface area contributed by atoms with Crippen molar-refractivity contribution in [2.75, 3.05) is 6.54 Å². The zero-order valence-corrected chi connectivity index (χ0v) is 11.3. The first-order valence-electron chi connectivity index (χ1n) is 6.07. The number of halogens is 1. The van der Waals surface area contributed by atoms with Crippen LogP contribution < -0.4 is 16.4 Å². The quantitative estimate of drug-likeness (QED) is 0.755. The molecule has 0 spiro atoms. The Hall–Kier alpha value is -1.59. The fraction of sp³-hybridized carbons (Fsp3) is 0.385. The number of hydrogen-bond donors (Lipinski definition) is 3. The fourth-order valence-corrected chi connectivity index (χ4v) is 1.98. The molecule has 1 aromatic rings. The summed E-state index contributed by atoms with van der Waals surface area (Å²) in [6.45, 7) is 0.677. The number of carbonyl (C=O) groups is 2. The molecule has 2 amide bonds. The van der Waals surface area contributed by atoms with Gasteiger partial charge in [0, 0.05) is 6.54 Å². The first kappa shape index (κ1) is 15.5.